The molecule has 4 rings (SSSR count). The van der Waals surface area contributed by atoms with Crippen molar-refractivity contribution in [3.8, 4) is 0 Å². The fourth-order valence-electron chi connectivity index (χ4n) is 3.32. The van der Waals surface area contributed by atoms with E-state index in [-0.39, 0.29) is 17.9 Å². The minimum atomic E-state index is -0.116. The second kappa shape index (κ2) is 6.70. The van der Waals surface area contributed by atoms with Crippen molar-refractivity contribution >= 4 is 11.8 Å². The van der Waals surface area contributed by atoms with Crippen molar-refractivity contribution in [2.24, 2.45) is 5.92 Å². The summed E-state index contributed by atoms with van der Waals surface area (Å²) in [6.07, 6.45) is 5.25. The van der Waals surface area contributed by atoms with Crippen LogP contribution in [0, 0.1) is 5.92 Å². The summed E-state index contributed by atoms with van der Waals surface area (Å²) in [5, 5.41) is 10.3. The fourth-order valence-corrected chi connectivity index (χ4v) is 3.32. The molecule has 6 heteroatoms. The molecule has 1 fully saturated rings. The number of aromatic nitrogens is 2. The molecule has 2 aromatic rings. The smallest absolute Gasteiger partial charge is 0.255 e. The molecule has 130 valence electrons. The Hall–Kier alpha value is -2.63. The number of nitrogens with zero attached hydrogens (tertiary/aromatic N) is 2. The molecule has 1 saturated carbocycles. The molecule has 1 aliphatic carbocycles. The zero-order valence-corrected chi connectivity index (χ0v) is 14.1. The second-order valence-electron chi connectivity index (χ2n) is 6.97. The minimum Gasteiger partial charge on any atom is -0.351 e. The monoisotopic (exact) mass is 338 g/mol. The molecule has 1 aromatic carbocycles. The van der Waals surface area contributed by atoms with Crippen LogP contribution in [0.2, 0.25) is 0 Å². The summed E-state index contributed by atoms with van der Waals surface area (Å²) >= 11 is 0. The predicted molar refractivity (Wildman–Crippen MR) is 92.8 cm³/mol. The lowest BCUT2D eigenvalue weighted by Crippen LogP contribution is -2.36. The minimum absolute atomic E-state index is 0.0376. The van der Waals surface area contributed by atoms with Crippen molar-refractivity contribution in [3.63, 3.8) is 0 Å². The van der Waals surface area contributed by atoms with Crippen molar-refractivity contribution in [2.45, 2.75) is 44.8 Å². The van der Waals surface area contributed by atoms with Crippen LogP contribution in [0.25, 0.3) is 0 Å². The first-order valence-corrected chi connectivity index (χ1v) is 8.85. The number of hydrogen-bond donors (Lipinski definition) is 2. The molecule has 2 amide bonds. The summed E-state index contributed by atoms with van der Waals surface area (Å²) in [6, 6.07) is 9.86. The SMILES string of the molecule is O=C(CC1CC1)N[C@H]1Cc2c(C(=O)NCc3ccccc3)cnn2C1. The lowest BCUT2D eigenvalue weighted by atomic mass is 10.1. The highest BCUT2D eigenvalue weighted by molar-refractivity contribution is 5.95. The van der Waals surface area contributed by atoms with E-state index in [2.05, 4.69) is 15.7 Å². The number of fused-ring (bicyclic) bond motifs is 1. The van der Waals surface area contributed by atoms with E-state index < -0.39 is 0 Å². The van der Waals surface area contributed by atoms with Gasteiger partial charge in [-0.1, -0.05) is 30.3 Å². The largest absolute Gasteiger partial charge is 0.351 e. The summed E-state index contributed by atoms with van der Waals surface area (Å²) in [5.74, 6) is 0.584. The molecular weight excluding hydrogens is 316 g/mol. The molecule has 1 atom stereocenters. The van der Waals surface area contributed by atoms with Crippen LogP contribution in [0.5, 0.6) is 0 Å². The summed E-state index contributed by atoms with van der Waals surface area (Å²) in [4.78, 5) is 24.5. The summed E-state index contributed by atoms with van der Waals surface area (Å²) < 4.78 is 1.83. The number of carbonyl (C=O) groups excluding carboxylic acids is 2. The molecule has 0 saturated heterocycles. The van der Waals surface area contributed by atoms with Gasteiger partial charge in [-0.15, -0.1) is 0 Å². The van der Waals surface area contributed by atoms with Crippen LogP contribution >= 0.6 is 0 Å². The first-order chi connectivity index (χ1) is 12.2. The van der Waals surface area contributed by atoms with E-state index in [0.29, 0.717) is 37.4 Å². The van der Waals surface area contributed by atoms with Crippen LogP contribution < -0.4 is 10.6 Å². The summed E-state index contributed by atoms with van der Waals surface area (Å²) in [5.41, 5.74) is 2.57. The van der Waals surface area contributed by atoms with Crippen molar-refractivity contribution in [3.05, 3.63) is 53.3 Å². The first kappa shape index (κ1) is 15.9. The third kappa shape index (κ3) is 3.73. The van der Waals surface area contributed by atoms with E-state index in [4.69, 9.17) is 0 Å². The van der Waals surface area contributed by atoms with Crippen molar-refractivity contribution in [1.29, 1.82) is 0 Å². The number of rotatable bonds is 6. The van der Waals surface area contributed by atoms with Gasteiger partial charge in [-0.05, 0) is 24.3 Å². The number of benzene rings is 1. The third-order valence-corrected chi connectivity index (χ3v) is 4.86. The van der Waals surface area contributed by atoms with Crippen LogP contribution in [0.15, 0.2) is 36.5 Å². The summed E-state index contributed by atoms with van der Waals surface area (Å²) in [7, 11) is 0. The molecule has 2 aliphatic rings. The Morgan fingerprint density at radius 1 is 1.20 bits per heavy atom. The molecule has 2 N–H and O–H groups in total. The van der Waals surface area contributed by atoms with E-state index in [0.717, 1.165) is 11.3 Å². The fraction of sp³-hybridized carbons (Fsp3) is 0.421. The van der Waals surface area contributed by atoms with E-state index in [1.807, 2.05) is 35.0 Å². The first-order valence-electron chi connectivity index (χ1n) is 8.85. The molecule has 1 aromatic heterocycles. The van der Waals surface area contributed by atoms with Crippen LogP contribution in [0.3, 0.4) is 0 Å². The quantitative estimate of drug-likeness (QED) is 0.841. The zero-order chi connectivity index (χ0) is 17.2. The molecule has 1 aliphatic heterocycles. The lowest BCUT2D eigenvalue weighted by Gasteiger charge is -2.11. The van der Waals surface area contributed by atoms with Crippen molar-refractivity contribution < 1.29 is 9.59 Å². The Balaban J connectivity index is 1.34. The highest BCUT2D eigenvalue weighted by Gasteiger charge is 2.30. The van der Waals surface area contributed by atoms with Gasteiger partial charge in [0, 0.05) is 19.4 Å². The van der Waals surface area contributed by atoms with Gasteiger partial charge in [0.2, 0.25) is 5.91 Å². The maximum atomic E-state index is 12.5. The van der Waals surface area contributed by atoms with Gasteiger partial charge >= 0.3 is 0 Å². The lowest BCUT2D eigenvalue weighted by molar-refractivity contribution is -0.122. The van der Waals surface area contributed by atoms with Crippen LogP contribution in [0.1, 0.15) is 40.9 Å². The highest BCUT2D eigenvalue weighted by Crippen LogP contribution is 2.32. The number of amides is 2. The Morgan fingerprint density at radius 3 is 2.76 bits per heavy atom. The zero-order valence-electron chi connectivity index (χ0n) is 14.1. The predicted octanol–water partition coefficient (Wildman–Crippen LogP) is 1.65. The van der Waals surface area contributed by atoms with Gasteiger partial charge < -0.3 is 10.6 Å². The molecule has 6 nitrogen and oxygen atoms in total. The Labute approximate surface area is 146 Å². The topological polar surface area (TPSA) is 76.0 Å². The normalized spacial score (nSPS) is 18.6. The molecule has 0 radical (unpaired) electrons. The number of hydrogen-bond acceptors (Lipinski definition) is 3. The highest BCUT2D eigenvalue weighted by atomic mass is 16.2. The molecule has 0 unspecified atom stereocenters. The standard InChI is InChI=1S/C19H22N4O2/c24-18(8-13-6-7-13)22-15-9-17-16(11-21-23(17)12-15)19(25)20-10-14-4-2-1-3-5-14/h1-5,11,13,15H,6-10,12H2,(H,20,25)(H,22,24)/t15-/m0/s1. The second-order valence-corrected chi connectivity index (χ2v) is 6.97. The van der Waals surface area contributed by atoms with Crippen LogP contribution in [-0.2, 0) is 24.3 Å². The van der Waals surface area contributed by atoms with Crippen molar-refractivity contribution in [1.82, 2.24) is 20.4 Å². The molecule has 0 spiro atoms. The molecular formula is C19H22N4O2. The average molecular weight is 338 g/mol. The Kier molecular flexibility index (Phi) is 4.26. The molecule has 2 heterocycles. The van der Waals surface area contributed by atoms with Gasteiger partial charge in [0.15, 0.2) is 0 Å². The maximum absolute atomic E-state index is 12.5. The average Bonchev–Trinajstić information content (AvgIpc) is 3.19. The van der Waals surface area contributed by atoms with Gasteiger partial charge in [-0.25, -0.2) is 0 Å². The summed E-state index contributed by atoms with van der Waals surface area (Å²) in [6.45, 7) is 1.13. The van der Waals surface area contributed by atoms with Gasteiger partial charge in [0.1, 0.15) is 0 Å². The third-order valence-electron chi connectivity index (χ3n) is 4.86. The van der Waals surface area contributed by atoms with Crippen molar-refractivity contribution in [2.75, 3.05) is 0 Å². The van der Waals surface area contributed by atoms with Crippen LogP contribution in [0.4, 0.5) is 0 Å². The van der Waals surface area contributed by atoms with Gasteiger partial charge in [0.05, 0.1) is 30.0 Å². The van der Waals surface area contributed by atoms with E-state index in [9.17, 15) is 9.59 Å². The Morgan fingerprint density at radius 2 is 2.00 bits per heavy atom. The molecule has 25 heavy (non-hydrogen) atoms. The number of nitrogens with one attached hydrogen (secondary N) is 2. The maximum Gasteiger partial charge on any atom is 0.255 e. The Bertz CT molecular complexity index is 780. The van der Waals surface area contributed by atoms with Gasteiger partial charge in [-0.2, -0.15) is 5.10 Å². The van der Waals surface area contributed by atoms with Gasteiger partial charge in [-0.3, -0.25) is 14.3 Å². The van der Waals surface area contributed by atoms with Crippen LogP contribution in [-0.4, -0.2) is 27.6 Å². The van der Waals surface area contributed by atoms with Gasteiger partial charge in [0.25, 0.3) is 5.91 Å². The van der Waals surface area contributed by atoms with E-state index in [1.165, 1.54) is 12.8 Å². The van der Waals surface area contributed by atoms with E-state index in [1.54, 1.807) is 6.20 Å². The van der Waals surface area contributed by atoms with E-state index >= 15 is 0 Å². The number of carbonyl (C=O) groups is 2. The molecule has 0 bridgehead atoms.